The van der Waals surface area contributed by atoms with Gasteiger partial charge in [-0.25, -0.2) is 13.4 Å². The van der Waals surface area contributed by atoms with E-state index in [2.05, 4.69) is 31.0 Å². The van der Waals surface area contributed by atoms with Crippen molar-refractivity contribution in [3.63, 3.8) is 0 Å². The minimum Gasteiger partial charge on any atom is -0.492 e. The van der Waals surface area contributed by atoms with Crippen LogP contribution in [0.1, 0.15) is 17.3 Å². The smallest absolute Gasteiger partial charge is 0.265 e. The van der Waals surface area contributed by atoms with Crippen molar-refractivity contribution in [2.45, 2.75) is 11.8 Å². The largest absolute Gasteiger partial charge is 0.492 e. The molecule has 0 saturated carbocycles. The Bertz CT molecular complexity index is 1370. The third-order valence-electron chi connectivity index (χ3n) is 4.43. The summed E-state index contributed by atoms with van der Waals surface area (Å²) in [6.45, 7) is 2.08. The number of benzene rings is 3. The minimum absolute atomic E-state index is 0.0323. The maximum Gasteiger partial charge on any atom is 0.265 e. The Hall–Kier alpha value is -2.95. The number of fused-ring (bicyclic) bond motifs is 1. The van der Waals surface area contributed by atoms with Crippen molar-refractivity contribution in [2.24, 2.45) is 0 Å². The first-order valence-corrected chi connectivity index (χ1v) is 12.7. The van der Waals surface area contributed by atoms with Crippen LogP contribution in [0.3, 0.4) is 0 Å². The Morgan fingerprint density at radius 1 is 1.09 bits per heavy atom. The fourth-order valence-corrected chi connectivity index (χ4v) is 5.65. The highest BCUT2D eigenvalue weighted by molar-refractivity contribution is 9.10. The summed E-state index contributed by atoms with van der Waals surface area (Å²) in [5.41, 5.74) is 1.09. The van der Waals surface area contributed by atoms with Crippen LogP contribution >= 0.6 is 27.3 Å². The molecular formula is C22H18BrN3O4S2. The number of rotatable bonds is 7. The zero-order valence-electron chi connectivity index (χ0n) is 16.8. The summed E-state index contributed by atoms with van der Waals surface area (Å²) in [4.78, 5) is 17.3. The summed E-state index contributed by atoms with van der Waals surface area (Å²) < 4.78 is 35.8. The molecule has 2 N–H and O–H groups in total. The molecule has 0 spiro atoms. The molecule has 1 aromatic heterocycles. The lowest BCUT2D eigenvalue weighted by molar-refractivity contribution is 0.102. The molecule has 32 heavy (non-hydrogen) atoms. The number of nitrogens with zero attached hydrogens (tertiary/aromatic N) is 1. The molecule has 0 fully saturated rings. The van der Waals surface area contributed by atoms with Gasteiger partial charge in [0.2, 0.25) is 0 Å². The molecule has 1 amide bonds. The number of carbonyl (C=O) groups excluding carboxylic acids is 1. The van der Waals surface area contributed by atoms with Gasteiger partial charge in [0, 0.05) is 4.47 Å². The second kappa shape index (κ2) is 9.27. The number of nitrogens with one attached hydrogen (secondary N) is 2. The van der Waals surface area contributed by atoms with Crippen LogP contribution in [0.25, 0.3) is 10.2 Å². The molecule has 164 valence electrons. The maximum absolute atomic E-state index is 13.1. The number of hydrogen-bond donors (Lipinski definition) is 2. The molecule has 4 rings (SSSR count). The van der Waals surface area contributed by atoms with E-state index in [-0.39, 0.29) is 21.9 Å². The quantitative estimate of drug-likeness (QED) is 0.327. The first-order valence-electron chi connectivity index (χ1n) is 9.58. The monoisotopic (exact) mass is 531 g/mol. The Morgan fingerprint density at radius 2 is 1.84 bits per heavy atom. The summed E-state index contributed by atoms with van der Waals surface area (Å²) in [5.74, 6) is -0.249. The molecule has 0 radical (unpaired) electrons. The Kier molecular flexibility index (Phi) is 6.45. The molecule has 0 unspecified atom stereocenters. The number of sulfonamides is 1. The van der Waals surface area contributed by atoms with Gasteiger partial charge >= 0.3 is 0 Å². The van der Waals surface area contributed by atoms with Crippen LogP contribution in [-0.2, 0) is 10.0 Å². The molecule has 0 bridgehead atoms. The second-order valence-electron chi connectivity index (χ2n) is 6.62. The summed E-state index contributed by atoms with van der Waals surface area (Å²) in [7, 11) is -4.04. The molecule has 1 heterocycles. The SMILES string of the molecule is CCOc1ccc(Br)cc1S(=O)(=O)Nc1ccccc1C(=O)Nc1nc2ccccc2s1. The first-order chi connectivity index (χ1) is 15.4. The van der Waals surface area contributed by atoms with E-state index < -0.39 is 15.9 Å². The van der Waals surface area contributed by atoms with Gasteiger partial charge in [-0.3, -0.25) is 14.8 Å². The number of aromatic nitrogens is 1. The van der Waals surface area contributed by atoms with E-state index in [4.69, 9.17) is 4.74 Å². The van der Waals surface area contributed by atoms with Gasteiger partial charge in [-0.15, -0.1) is 0 Å². The molecule has 7 nitrogen and oxygen atoms in total. The molecule has 3 aromatic carbocycles. The summed E-state index contributed by atoms with van der Waals surface area (Å²) >= 11 is 4.64. The maximum atomic E-state index is 13.1. The van der Waals surface area contributed by atoms with Gasteiger partial charge in [0.25, 0.3) is 15.9 Å². The lowest BCUT2D eigenvalue weighted by atomic mass is 10.2. The van der Waals surface area contributed by atoms with Gasteiger partial charge in [0.05, 0.1) is 28.1 Å². The minimum atomic E-state index is -4.04. The predicted molar refractivity (Wildman–Crippen MR) is 130 cm³/mol. The van der Waals surface area contributed by atoms with Crippen LogP contribution in [0.4, 0.5) is 10.8 Å². The Balaban J connectivity index is 1.63. The van der Waals surface area contributed by atoms with Crippen molar-refractivity contribution in [1.29, 1.82) is 0 Å². The zero-order chi connectivity index (χ0) is 22.7. The molecule has 0 aliphatic heterocycles. The van der Waals surface area contributed by atoms with E-state index in [9.17, 15) is 13.2 Å². The van der Waals surface area contributed by atoms with E-state index in [1.165, 1.54) is 23.5 Å². The molecule has 0 aliphatic rings. The van der Waals surface area contributed by atoms with Crippen molar-refractivity contribution < 1.29 is 17.9 Å². The summed E-state index contributed by atoms with van der Waals surface area (Å²) in [6.07, 6.45) is 0. The topological polar surface area (TPSA) is 97.4 Å². The number of para-hydroxylation sites is 2. The molecule has 4 aromatic rings. The average Bonchev–Trinajstić information content (AvgIpc) is 3.17. The molecule has 10 heteroatoms. The summed E-state index contributed by atoms with van der Waals surface area (Å²) in [5, 5.41) is 3.19. The molecule has 0 aliphatic carbocycles. The van der Waals surface area contributed by atoms with Crippen molar-refractivity contribution >= 4 is 64.2 Å². The Labute approximate surface area is 197 Å². The third kappa shape index (κ3) is 4.77. The van der Waals surface area contributed by atoms with E-state index in [1.807, 2.05) is 24.3 Å². The highest BCUT2D eigenvalue weighted by atomic mass is 79.9. The van der Waals surface area contributed by atoms with E-state index in [0.717, 1.165) is 10.2 Å². The Morgan fingerprint density at radius 3 is 2.62 bits per heavy atom. The van der Waals surface area contributed by atoms with E-state index in [0.29, 0.717) is 16.2 Å². The van der Waals surface area contributed by atoms with Crippen LogP contribution < -0.4 is 14.8 Å². The number of halogens is 1. The van der Waals surface area contributed by atoms with E-state index in [1.54, 1.807) is 37.3 Å². The van der Waals surface area contributed by atoms with Gasteiger partial charge in [0.1, 0.15) is 10.6 Å². The standard InChI is InChI=1S/C22H18BrN3O4S2/c1-2-30-18-12-11-14(23)13-20(18)32(28,29)26-16-8-4-3-7-15(16)21(27)25-22-24-17-9-5-6-10-19(17)31-22/h3-13,26H,2H2,1H3,(H,24,25,27). The number of hydrogen-bond acceptors (Lipinski definition) is 6. The van der Waals surface area contributed by atoms with Crippen molar-refractivity contribution in [2.75, 3.05) is 16.6 Å². The van der Waals surface area contributed by atoms with Gasteiger partial charge in [-0.2, -0.15) is 0 Å². The third-order valence-corrected chi connectivity index (χ3v) is 7.26. The average molecular weight is 532 g/mol. The predicted octanol–water partition coefficient (Wildman–Crippen LogP) is 5.51. The fraction of sp³-hybridized carbons (Fsp3) is 0.0909. The van der Waals surface area contributed by atoms with Gasteiger partial charge in [-0.05, 0) is 49.4 Å². The van der Waals surface area contributed by atoms with Gasteiger partial charge in [-0.1, -0.05) is 51.5 Å². The number of amides is 1. The molecular weight excluding hydrogens is 514 g/mol. The lowest BCUT2D eigenvalue weighted by Gasteiger charge is -2.15. The van der Waals surface area contributed by atoms with Crippen molar-refractivity contribution in [3.05, 3.63) is 76.8 Å². The number of carbonyl (C=O) groups is 1. The van der Waals surface area contributed by atoms with Crippen molar-refractivity contribution in [1.82, 2.24) is 4.98 Å². The molecule has 0 saturated heterocycles. The second-order valence-corrected chi connectivity index (χ2v) is 10.2. The number of ether oxygens (including phenoxy) is 1. The van der Waals surface area contributed by atoms with Gasteiger partial charge in [0.15, 0.2) is 5.13 Å². The highest BCUT2D eigenvalue weighted by Gasteiger charge is 2.23. The van der Waals surface area contributed by atoms with Crippen LogP contribution in [0.2, 0.25) is 0 Å². The first kappa shape index (κ1) is 22.3. The normalized spacial score (nSPS) is 11.3. The van der Waals surface area contributed by atoms with Crippen molar-refractivity contribution in [3.8, 4) is 5.75 Å². The summed E-state index contributed by atoms with van der Waals surface area (Å²) in [6, 6.07) is 18.7. The lowest BCUT2D eigenvalue weighted by Crippen LogP contribution is -2.19. The van der Waals surface area contributed by atoms with Crippen LogP contribution in [0.5, 0.6) is 5.75 Å². The fourth-order valence-electron chi connectivity index (χ4n) is 3.03. The zero-order valence-corrected chi connectivity index (χ0v) is 20.1. The number of thiazole rings is 1. The van der Waals surface area contributed by atoms with Crippen LogP contribution in [-0.4, -0.2) is 25.9 Å². The van der Waals surface area contributed by atoms with Gasteiger partial charge < -0.3 is 4.74 Å². The van der Waals surface area contributed by atoms with Crippen LogP contribution in [0.15, 0.2) is 76.1 Å². The van der Waals surface area contributed by atoms with Crippen LogP contribution in [0, 0.1) is 0 Å². The highest BCUT2D eigenvalue weighted by Crippen LogP contribution is 2.31. The van der Waals surface area contributed by atoms with E-state index >= 15 is 0 Å². The molecule has 0 atom stereocenters. The number of anilines is 2.